The third kappa shape index (κ3) is 5.81. The molecule has 0 unspecified atom stereocenters. The zero-order valence-electron chi connectivity index (χ0n) is 21.1. The molecule has 0 bridgehead atoms. The molecule has 3 aliphatic heterocycles. The molecule has 0 spiro atoms. The van der Waals surface area contributed by atoms with Crippen molar-refractivity contribution in [3.8, 4) is 5.75 Å². The fraction of sp³-hybridized carbons (Fsp3) is 0.481. The van der Waals surface area contributed by atoms with Gasteiger partial charge in [0.2, 0.25) is 15.9 Å². The molecule has 0 aromatic heterocycles. The lowest BCUT2D eigenvalue weighted by atomic mass is 9.97. The van der Waals surface area contributed by atoms with Crippen LogP contribution in [0.15, 0.2) is 47.4 Å². The Bertz CT molecular complexity index is 1260. The van der Waals surface area contributed by atoms with E-state index in [4.69, 9.17) is 4.74 Å². The van der Waals surface area contributed by atoms with Crippen LogP contribution >= 0.6 is 0 Å². The number of anilines is 1. The first-order chi connectivity index (χ1) is 17.8. The summed E-state index contributed by atoms with van der Waals surface area (Å²) in [6.07, 6.45) is 3.07. The van der Waals surface area contributed by atoms with E-state index in [1.165, 1.54) is 15.9 Å². The lowest BCUT2D eigenvalue weighted by Gasteiger charge is -2.35. The second-order valence-electron chi connectivity index (χ2n) is 10.2. The highest BCUT2D eigenvalue weighted by molar-refractivity contribution is 7.89. The Hall–Kier alpha value is -2.95. The highest BCUT2D eigenvalue weighted by Crippen LogP contribution is 2.35. The molecule has 2 N–H and O–H groups in total. The SMILES string of the molecule is Cc1cc2c(cc1S(=O)(=O)N1CCC[C@H](C(=O)NC3CCN(Cc4ccccc4)CC3)C1)OCC(=O)N2. The minimum absolute atomic E-state index is 0.0605. The van der Waals surface area contributed by atoms with Gasteiger partial charge in [-0.2, -0.15) is 4.31 Å². The van der Waals surface area contributed by atoms with Gasteiger partial charge in [0.1, 0.15) is 5.75 Å². The van der Waals surface area contributed by atoms with Crippen molar-refractivity contribution in [3.05, 3.63) is 53.6 Å². The second-order valence-corrected chi connectivity index (χ2v) is 12.1. The fourth-order valence-electron chi connectivity index (χ4n) is 5.40. The Balaban J connectivity index is 1.18. The van der Waals surface area contributed by atoms with E-state index >= 15 is 0 Å². The Morgan fingerprint density at radius 2 is 1.86 bits per heavy atom. The van der Waals surface area contributed by atoms with Crippen LogP contribution in [-0.4, -0.2) is 68.3 Å². The van der Waals surface area contributed by atoms with Crippen molar-refractivity contribution < 1.29 is 22.7 Å². The summed E-state index contributed by atoms with van der Waals surface area (Å²) in [5.41, 5.74) is 2.29. The van der Waals surface area contributed by atoms with Gasteiger partial charge in [-0.05, 0) is 49.8 Å². The van der Waals surface area contributed by atoms with Crippen molar-refractivity contribution in [2.75, 3.05) is 38.1 Å². The van der Waals surface area contributed by atoms with Gasteiger partial charge in [-0.3, -0.25) is 14.5 Å². The Morgan fingerprint density at radius 1 is 1.11 bits per heavy atom. The number of ether oxygens (including phenoxy) is 1. The predicted molar refractivity (Wildman–Crippen MR) is 140 cm³/mol. The number of benzene rings is 2. The summed E-state index contributed by atoms with van der Waals surface area (Å²) in [5.74, 6) is -0.364. The number of nitrogens with zero attached hydrogens (tertiary/aromatic N) is 2. The van der Waals surface area contributed by atoms with Gasteiger partial charge in [0.25, 0.3) is 5.91 Å². The molecule has 2 fully saturated rings. The van der Waals surface area contributed by atoms with Gasteiger partial charge in [0.05, 0.1) is 16.5 Å². The first-order valence-corrected chi connectivity index (χ1v) is 14.4. The van der Waals surface area contributed by atoms with E-state index < -0.39 is 10.0 Å². The maximum absolute atomic E-state index is 13.5. The van der Waals surface area contributed by atoms with Crippen LogP contribution in [0, 0.1) is 12.8 Å². The van der Waals surface area contributed by atoms with E-state index in [0.717, 1.165) is 32.5 Å². The number of carbonyl (C=O) groups is 2. The van der Waals surface area contributed by atoms with E-state index in [0.29, 0.717) is 36.4 Å². The maximum Gasteiger partial charge on any atom is 0.262 e. The molecular weight excluding hydrogens is 492 g/mol. The molecule has 3 heterocycles. The zero-order valence-corrected chi connectivity index (χ0v) is 21.9. The number of hydrogen-bond donors (Lipinski definition) is 2. The standard InChI is InChI=1S/C27H34N4O5S/c1-19-14-23-24(36-18-26(32)29-23)15-25(19)37(34,35)31-11-5-8-21(17-31)27(33)28-22-9-12-30(13-10-22)16-20-6-3-2-4-7-20/h2-4,6-7,14-15,21-22H,5,8-13,16-18H2,1H3,(H,28,33)(H,29,32)/t21-/m0/s1. The van der Waals surface area contributed by atoms with Crippen LogP contribution in [0.25, 0.3) is 0 Å². The molecular formula is C27H34N4O5S. The van der Waals surface area contributed by atoms with Crippen molar-refractivity contribution in [2.45, 2.75) is 50.1 Å². The summed E-state index contributed by atoms with van der Waals surface area (Å²) >= 11 is 0. The lowest BCUT2D eigenvalue weighted by Crippen LogP contribution is -2.50. The van der Waals surface area contributed by atoms with Gasteiger partial charge in [-0.1, -0.05) is 30.3 Å². The summed E-state index contributed by atoms with van der Waals surface area (Å²) in [6, 6.07) is 13.6. The van der Waals surface area contributed by atoms with Crippen LogP contribution in [-0.2, 0) is 26.2 Å². The average Bonchev–Trinajstić information content (AvgIpc) is 2.90. The molecule has 2 aromatic rings. The second kappa shape index (κ2) is 10.8. The van der Waals surface area contributed by atoms with Crippen LogP contribution < -0.4 is 15.4 Å². The minimum atomic E-state index is -3.82. The van der Waals surface area contributed by atoms with E-state index in [2.05, 4.69) is 39.8 Å². The monoisotopic (exact) mass is 526 g/mol. The van der Waals surface area contributed by atoms with Crippen molar-refractivity contribution in [3.63, 3.8) is 0 Å². The molecule has 10 heteroatoms. The first kappa shape index (κ1) is 25.7. The Labute approximate surface area is 218 Å². The number of nitrogens with one attached hydrogen (secondary N) is 2. The zero-order chi connectivity index (χ0) is 26.0. The number of likely N-dealkylation sites (tertiary alicyclic amines) is 1. The Morgan fingerprint density at radius 3 is 2.62 bits per heavy atom. The van der Waals surface area contributed by atoms with Crippen molar-refractivity contribution in [1.82, 2.24) is 14.5 Å². The van der Waals surface area contributed by atoms with Crippen molar-refractivity contribution >= 4 is 27.5 Å². The smallest absolute Gasteiger partial charge is 0.262 e. The summed E-state index contributed by atoms with van der Waals surface area (Å²) in [4.78, 5) is 27.3. The van der Waals surface area contributed by atoms with E-state index in [-0.39, 0.29) is 41.8 Å². The molecule has 2 amide bonds. The summed E-state index contributed by atoms with van der Waals surface area (Å²) < 4.78 is 33.9. The van der Waals surface area contributed by atoms with Crippen LogP contribution in [0.5, 0.6) is 5.75 Å². The van der Waals surface area contributed by atoms with Gasteiger partial charge in [-0.25, -0.2) is 8.42 Å². The molecule has 2 saturated heterocycles. The maximum atomic E-state index is 13.5. The quantitative estimate of drug-likeness (QED) is 0.599. The van der Waals surface area contributed by atoms with Gasteiger partial charge >= 0.3 is 0 Å². The van der Waals surface area contributed by atoms with Crippen LogP contribution in [0.4, 0.5) is 5.69 Å². The van der Waals surface area contributed by atoms with E-state index in [1.807, 2.05) is 6.07 Å². The molecule has 3 aliphatic rings. The molecule has 0 saturated carbocycles. The number of fused-ring (bicyclic) bond motifs is 1. The predicted octanol–water partition coefficient (Wildman–Crippen LogP) is 2.51. The Kier molecular flexibility index (Phi) is 7.50. The molecule has 2 aromatic carbocycles. The molecule has 37 heavy (non-hydrogen) atoms. The summed E-state index contributed by atoms with van der Waals surface area (Å²) in [7, 11) is -3.82. The fourth-order valence-corrected chi connectivity index (χ4v) is 7.15. The highest BCUT2D eigenvalue weighted by atomic mass is 32.2. The van der Waals surface area contributed by atoms with Gasteiger partial charge in [0.15, 0.2) is 6.61 Å². The number of piperidine rings is 2. The normalized spacial score (nSPS) is 21.5. The summed E-state index contributed by atoms with van der Waals surface area (Å²) in [6.45, 7) is 4.85. The molecule has 198 valence electrons. The highest BCUT2D eigenvalue weighted by Gasteiger charge is 2.36. The topological polar surface area (TPSA) is 108 Å². The number of hydrogen-bond acceptors (Lipinski definition) is 6. The number of rotatable bonds is 6. The van der Waals surface area contributed by atoms with E-state index in [1.54, 1.807) is 13.0 Å². The minimum Gasteiger partial charge on any atom is -0.482 e. The molecule has 5 rings (SSSR count). The van der Waals surface area contributed by atoms with Gasteiger partial charge in [-0.15, -0.1) is 0 Å². The van der Waals surface area contributed by atoms with Gasteiger partial charge in [0, 0.05) is 44.8 Å². The summed E-state index contributed by atoms with van der Waals surface area (Å²) in [5, 5.41) is 5.90. The molecule has 1 atom stereocenters. The van der Waals surface area contributed by atoms with Gasteiger partial charge < -0.3 is 15.4 Å². The number of sulfonamides is 1. The van der Waals surface area contributed by atoms with Crippen molar-refractivity contribution in [2.24, 2.45) is 5.92 Å². The van der Waals surface area contributed by atoms with Crippen molar-refractivity contribution in [1.29, 1.82) is 0 Å². The largest absolute Gasteiger partial charge is 0.482 e. The molecule has 9 nitrogen and oxygen atoms in total. The molecule has 0 radical (unpaired) electrons. The lowest BCUT2D eigenvalue weighted by molar-refractivity contribution is -0.127. The third-order valence-electron chi connectivity index (χ3n) is 7.47. The van der Waals surface area contributed by atoms with Crippen LogP contribution in [0.3, 0.4) is 0 Å². The van der Waals surface area contributed by atoms with Crippen LogP contribution in [0.2, 0.25) is 0 Å². The number of amides is 2. The molecule has 0 aliphatic carbocycles. The van der Waals surface area contributed by atoms with E-state index in [9.17, 15) is 18.0 Å². The number of aryl methyl sites for hydroxylation is 1. The number of carbonyl (C=O) groups excluding carboxylic acids is 2. The van der Waals surface area contributed by atoms with Crippen LogP contribution in [0.1, 0.15) is 36.8 Å². The average molecular weight is 527 g/mol. The third-order valence-corrected chi connectivity index (χ3v) is 9.47. The first-order valence-electron chi connectivity index (χ1n) is 12.9.